The molecular weight excluding hydrogens is 457 g/mol. The number of nitrogens with zero attached hydrogens (tertiary/aromatic N) is 2. The zero-order valence-electron chi connectivity index (χ0n) is 17.1. The number of anilines is 1. The van der Waals surface area contributed by atoms with Crippen LogP contribution in [0.25, 0.3) is 10.6 Å². The molecule has 3 aromatic rings. The van der Waals surface area contributed by atoms with Gasteiger partial charge in [0.15, 0.2) is 0 Å². The summed E-state index contributed by atoms with van der Waals surface area (Å²) in [6.07, 6.45) is 3.18. The van der Waals surface area contributed by atoms with Crippen molar-refractivity contribution in [3.63, 3.8) is 0 Å². The molecule has 164 valence electrons. The van der Waals surface area contributed by atoms with Gasteiger partial charge in [-0.1, -0.05) is 0 Å². The first-order valence-electron chi connectivity index (χ1n) is 9.89. The van der Waals surface area contributed by atoms with Crippen molar-refractivity contribution >= 4 is 44.3 Å². The number of aromatic nitrogens is 1. The monoisotopic (exact) mass is 479 g/mol. The molecule has 0 aliphatic carbocycles. The lowest BCUT2D eigenvalue weighted by molar-refractivity contribution is 0.0728. The fraction of sp³-hybridized carbons (Fsp3) is 0.333. The molecule has 3 heterocycles. The topological polar surface area (TPSA) is 79.4 Å². The van der Waals surface area contributed by atoms with Gasteiger partial charge in [0.05, 0.1) is 11.4 Å². The smallest absolute Gasteiger partial charge is 0.271 e. The first kappa shape index (κ1) is 21.9. The SMILES string of the molecule is Cc1cc(F)ccc1NS(=O)(=O)c1cc(-c2nc(C)c(C(=O)N3CCCCC3)s2)cs1. The number of likely N-dealkylation sites (tertiary alicyclic amines) is 1. The Morgan fingerprint density at radius 1 is 1.16 bits per heavy atom. The largest absolute Gasteiger partial charge is 0.338 e. The molecule has 0 radical (unpaired) electrons. The summed E-state index contributed by atoms with van der Waals surface area (Å²) in [5.41, 5.74) is 2.14. The predicted octanol–water partition coefficient (Wildman–Crippen LogP) is 5.05. The molecular formula is C21H22FN3O3S3. The van der Waals surface area contributed by atoms with Gasteiger partial charge < -0.3 is 4.90 Å². The Hall–Kier alpha value is -2.30. The van der Waals surface area contributed by atoms with Crippen LogP contribution in [0, 0.1) is 19.7 Å². The van der Waals surface area contributed by atoms with Crippen molar-refractivity contribution in [3.05, 3.63) is 51.6 Å². The third-order valence-electron chi connectivity index (χ3n) is 5.15. The van der Waals surface area contributed by atoms with Crippen molar-refractivity contribution in [2.45, 2.75) is 37.3 Å². The highest BCUT2D eigenvalue weighted by Gasteiger charge is 2.25. The fourth-order valence-corrected chi connectivity index (χ4v) is 6.86. The molecule has 1 fully saturated rings. The molecule has 4 rings (SSSR count). The van der Waals surface area contributed by atoms with E-state index in [1.165, 1.54) is 29.5 Å². The molecule has 0 spiro atoms. The van der Waals surface area contributed by atoms with Gasteiger partial charge in [-0.2, -0.15) is 0 Å². The molecule has 1 aliphatic rings. The Balaban J connectivity index is 1.56. The maximum Gasteiger partial charge on any atom is 0.271 e. The van der Waals surface area contributed by atoms with Crippen LogP contribution >= 0.6 is 22.7 Å². The van der Waals surface area contributed by atoms with Crippen LogP contribution in [-0.2, 0) is 10.0 Å². The summed E-state index contributed by atoms with van der Waals surface area (Å²) in [5, 5.41) is 2.34. The number of carbonyl (C=O) groups excluding carboxylic acids is 1. The van der Waals surface area contributed by atoms with Gasteiger partial charge in [0, 0.05) is 24.0 Å². The number of aryl methyl sites for hydroxylation is 2. The molecule has 1 aromatic carbocycles. The number of thiazole rings is 1. The number of carbonyl (C=O) groups is 1. The number of benzene rings is 1. The summed E-state index contributed by atoms with van der Waals surface area (Å²) in [6.45, 7) is 4.97. The second-order valence-electron chi connectivity index (χ2n) is 7.51. The molecule has 0 saturated carbocycles. The molecule has 2 aromatic heterocycles. The molecule has 10 heteroatoms. The fourth-order valence-electron chi connectivity index (χ4n) is 3.47. The lowest BCUT2D eigenvalue weighted by Crippen LogP contribution is -2.35. The number of hydrogen-bond acceptors (Lipinski definition) is 6. The Labute approximate surface area is 188 Å². The summed E-state index contributed by atoms with van der Waals surface area (Å²) >= 11 is 2.37. The number of halogens is 1. The van der Waals surface area contributed by atoms with Gasteiger partial charge in [-0.3, -0.25) is 9.52 Å². The second kappa shape index (κ2) is 8.68. The number of hydrogen-bond donors (Lipinski definition) is 1. The zero-order valence-corrected chi connectivity index (χ0v) is 19.6. The van der Waals surface area contributed by atoms with Crippen LogP contribution in [-0.4, -0.2) is 37.3 Å². The van der Waals surface area contributed by atoms with Gasteiger partial charge in [0.1, 0.15) is 19.9 Å². The van der Waals surface area contributed by atoms with Crippen LogP contribution in [0.1, 0.15) is 40.2 Å². The number of amides is 1. The van der Waals surface area contributed by atoms with Gasteiger partial charge in [-0.25, -0.2) is 17.8 Å². The van der Waals surface area contributed by atoms with E-state index in [0.29, 0.717) is 32.4 Å². The van der Waals surface area contributed by atoms with Crippen molar-refractivity contribution in [2.24, 2.45) is 0 Å². The van der Waals surface area contributed by atoms with E-state index in [0.717, 1.165) is 43.7 Å². The highest BCUT2D eigenvalue weighted by atomic mass is 32.2. The Morgan fingerprint density at radius 2 is 1.90 bits per heavy atom. The molecule has 31 heavy (non-hydrogen) atoms. The Bertz CT molecular complexity index is 1230. The maximum absolute atomic E-state index is 13.3. The van der Waals surface area contributed by atoms with E-state index in [-0.39, 0.29) is 10.1 Å². The van der Waals surface area contributed by atoms with E-state index in [2.05, 4.69) is 9.71 Å². The van der Waals surface area contributed by atoms with Gasteiger partial charge in [-0.15, -0.1) is 22.7 Å². The minimum atomic E-state index is -3.82. The zero-order chi connectivity index (χ0) is 22.2. The average Bonchev–Trinajstić information content (AvgIpc) is 3.38. The van der Waals surface area contributed by atoms with E-state index in [1.807, 2.05) is 4.90 Å². The summed E-state index contributed by atoms with van der Waals surface area (Å²) in [4.78, 5) is 19.8. The molecule has 1 saturated heterocycles. The minimum Gasteiger partial charge on any atom is -0.338 e. The summed E-state index contributed by atoms with van der Waals surface area (Å²) in [6, 6.07) is 5.44. The van der Waals surface area contributed by atoms with Gasteiger partial charge in [-0.05, 0) is 62.9 Å². The maximum atomic E-state index is 13.3. The number of nitrogens with one attached hydrogen (secondary N) is 1. The summed E-state index contributed by atoms with van der Waals surface area (Å²) in [7, 11) is -3.82. The second-order valence-corrected chi connectivity index (χ2v) is 11.3. The van der Waals surface area contributed by atoms with E-state index in [9.17, 15) is 17.6 Å². The number of thiophene rings is 1. The van der Waals surface area contributed by atoms with E-state index in [4.69, 9.17) is 0 Å². The van der Waals surface area contributed by atoms with Gasteiger partial charge in [0.2, 0.25) is 0 Å². The van der Waals surface area contributed by atoms with E-state index >= 15 is 0 Å². The standard InChI is InChI=1S/C21H22FN3O3S3/c1-13-10-16(22)6-7-17(13)24-31(27,28)18-11-15(12-29-18)20-23-14(2)19(30-20)21(26)25-8-4-3-5-9-25/h6-7,10-12,24H,3-5,8-9H2,1-2H3. The predicted molar refractivity (Wildman–Crippen MR) is 122 cm³/mol. The number of rotatable bonds is 5. The summed E-state index contributed by atoms with van der Waals surface area (Å²) in [5.74, 6) is -0.426. The lowest BCUT2D eigenvalue weighted by Gasteiger charge is -2.26. The van der Waals surface area contributed by atoms with Crippen molar-refractivity contribution in [1.82, 2.24) is 9.88 Å². The molecule has 6 nitrogen and oxygen atoms in total. The quantitative estimate of drug-likeness (QED) is 0.555. The van der Waals surface area contributed by atoms with Crippen LogP contribution in [0.2, 0.25) is 0 Å². The normalized spacial score (nSPS) is 14.6. The average molecular weight is 480 g/mol. The number of piperidine rings is 1. The van der Waals surface area contributed by atoms with Crippen LogP contribution in [0.4, 0.5) is 10.1 Å². The van der Waals surface area contributed by atoms with Crippen LogP contribution in [0.3, 0.4) is 0 Å². The summed E-state index contributed by atoms with van der Waals surface area (Å²) < 4.78 is 41.5. The Morgan fingerprint density at radius 3 is 2.61 bits per heavy atom. The number of sulfonamides is 1. The van der Waals surface area contributed by atoms with Gasteiger partial charge >= 0.3 is 0 Å². The molecule has 1 amide bonds. The highest BCUT2D eigenvalue weighted by molar-refractivity contribution is 7.94. The molecule has 0 bridgehead atoms. The van der Waals surface area contributed by atoms with Crippen molar-refractivity contribution in [2.75, 3.05) is 17.8 Å². The lowest BCUT2D eigenvalue weighted by atomic mass is 10.1. The Kier molecular flexibility index (Phi) is 6.14. The van der Waals surface area contributed by atoms with Crippen molar-refractivity contribution in [1.29, 1.82) is 0 Å². The first-order valence-corrected chi connectivity index (χ1v) is 13.1. The third-order valence-corrected chi connectivity index (χ3v) is 9.15. The van der Waals surface area contributed by atoms with Gasteiger partial charge in [0.25, 0.3) is 15.9 Å². The molecule has 1 N–H and O–H groups in total. The van der Waals surface area contributed by atoms with Crippen LogP contribution in [0.5, 0.6) is 0 Å². The van der Waals surface area contributed by atoms with Crippen molar-refractivity contribution in [3.8, 4) is 10.6 Å². The third kappa shape index (κ3) is 4.65. The van der Waals surface area contributed by atoms with E-state index in [1.54, 1.807) is 25.3 Å². The first-order chi connectivity index (χ1) is 14.7. The molecule has 0 unspecified atom stereocenters. The van der Waals surface area contributed by atoms with Crippen LogP contribution < -0.4 is 4.72 Å². The van der Waals surface area contributed by atoms with E-state index < -0.39 is 15.8 Å². The molecule has 1 aliphatic heterocycles. The minimum absolute atomic E-state index is 0.00234. The molecule has 0 atom stereocenters. The highest BCUT2D eigenvalue weighted by Crippen LogP contribution is 2.34. The van der Waals surface area contributed by atoms with Crippen LogP contribution in [0.15, 0.2) is 33.9 Å². The van der Waals surface area contributed by atoms with Crippen molar-refractivity contribution < 1.29 is 17.6 Å².